The molecule has 0 saturated heterocycles. The fourth-order valence-corrected chi connectivity index (χ4v) is 4.52. The summed E-state index contributed by atoms with van der Waals surface area (Å²) < 4.78 is 38.5. The Hall–Kier alpha value is -2.73. The quantitative estimate of drug-likeness (QED) is 0.477. The Labute approximate surface area is 172 Å². The van der Waals surface area contributed by atoms with Crippen LogP contribution in [0.4, 0.5) is 18.9 Å². The van der Waals surface area contributed by atoms with Crippen LogP contribution in [0.3, 0.4) is 0 Å². The number of aromatic nitrogens is 1. The molecule has 0 N–H and O–H groups in total. The van der Waals surface area contributed by atoms with Gasteiger partial charge in [-0.3, -0.25) is 4.98 Å². The van der Waals surface area contributed by atoms with Crippen LogP contribution in [0.5, 0.6) is 0 Å². The molecule has 1 aromatic heterocycles. The molecule has 29 heavy (non-hydrogen) atoms. The smallest absolute Gasteiger partial charge is 0.335 e. The summed E-state index contributed by atoms with van der Waals surface area (Å²) in [5, 5.41) is 0. The molecule has 2 aliphatic heterocycles. The highest BCUT2D eigenvalue weighted by Crippen LogP contribution is 2.40. The molecule has 0 radical (unpaired) electrons. The molecular weight excluding hydrogens is 393 g/mol. The Morgan fingerprint density at radius 1 is 0.793 bits per heavy atom. The van der Waals surface area contributed by atoms with Crippen molar-refractivity contribution in [1.29, 1.82) is 0 Å². The van der Waals surface area contributed by atoms with E-state index in [9.17, 15) is 13.2 Å². The zero-order valence-corrected chi connectivity index (χ0v) is 16.3. The van der Waals surface area contributed by atoms with Gasteiger partial charge in [0.15, 0.2) is 0 Å². The lowest BCUT2D eigenvalue weighted by Gasteiger charge is -2.28. The van der Waals surface area contributed by atoms with Gasteiger partial charge in [-0.25, -0.2) is 0 Å². The number of pyridine rings is 1. The molecule has 2 aliphatic rings. The van der Waals surface area contributed by atoms with Gasteiger partial charge >= 0.3 is 6.18 Å². The van der Waals surface area contributed by atoms with Crippen LogP contribution in [-0.2, 0) is 19.0 Å². The first-order valence-corrected chi connectivity index (χ1v) is 9.90. The van der Waals surface area contributed by atoms with Crippen LogP contribution >= 0.6 is 12.2 Å². The first-order chi connectivity index (χ1) is 13.9. The highest BCUT2D eigenvalue weighted by molar-refractivity contribution is 7.80. The number of hydrogen-bond donors (Lipinski definition) is 0. The summed E-state index contributed by atoms with van der Waals surface area (Å²) in [6.45, 7) is 0.939. The number of thiocarbonyl (C=S) groups is 1. The van der Waals surface area contributed by atoms with Crippen molar-refractivity contribution in [2.75, 3.05) is 11.4 Å². The minimum Gasteiger partial charge on any atom is -0.335 e. The molecule has 5 rings (SSSR count). The molecule has 3 aromatic rings. The fourth-order valence-electron chi connectivity index (χ4n) is 4.23. The molecule has 0 spiro atoms. The molecule has 2 nitrogen and oxygen atoms in total. The highest BCUT2D eigenvalue weighted by atomic mass is 32.1. The van der Waals surface area contributed by atoms with Gasteiger partial charge in [0, 0.05) is 42.2 Å². The Kier molecular flexibility index (Phi) is 4.21. The number of anilines is 1. The molecule has 0 saturated carbocycles. The lowest BCUT2D eigenvalue weighted by molar-refractivity contribution is -0.137. The van der Waals surface area contributed by atoms with Crippen molar-refractivity contribution in [3.8, 4) is 22.3 Å². The van der Waals surface area contributed by atoms with Gasteiger partial charge < -0.3 is 4.90 Å². The summed E-state index contributed by atoms with van der Waals surface area (Å²) in [5.41, 5.74) is 6.81. The van der Waals surface area contributed by atoms with Gasteiger partial charge in [0.2, 0.25) is 0 Å². The number of rotatable bonds is 2. The standard InChI is InChI=1S/C23H17F3N2S/c24-23(25,26)20-4-1-14(2-5-20)18-11-19(13-27-12-18)17-9-15-3-6-21(29)28-8-7-16(10-17)22(15)28/h1-2,4-5,9-13H,3,6-8H2. The average Bonchev–Trinajstić information content (AvgIpc) is 3.16. The molecule has 146 valence electrons. The van der Waals surface area contributed by atoms with Crippen LogP contribution in [0.1, 0.15) is 23.1 Å². The Bertz CT molecular complexity index is 1120. The molecule has 3 heterocycles. The SMILES string of the molecule is FC(F)(F)c1ccc(-c2cncc(-c3cc4c5c(c3)CCN5C(=S)CC4)c2)cc1. The first-order valence-electron chi connectivity index (χ1n) is 9.49. The van der Waals surface area contributed by atoms with Gasteiger partial charge in [0.25, 0.3) is 0 Å². The summed E-state index contributed by atoms with van der Waals surface area (Å²) in [4.78, 5) is 7.62. The summed E-state index contributed by atoms with van der Waals surface area (Å²) >= 11 is 5.51. The summed E-state index contributed by atoms with van der Waals surface area (Å²) in [7, 11) is 0. The third kappa shape index (κ3) is 3.21. The number of benzene rings is 2. The maximum Gasteiger partial charge on any atom is 0.416 e. The maximum absolute atomic E-state index is 12.8. The van der Waals surface area contributed by atoms with Crippen LogP contribution in [0.25, 0.3) is 22.3 Å². The third-order valence-electron chi connectivity index (χ3n) is 5.67. The molecule has 2 aromatic carbocycles. The van der Waals surface area contributed by atoms with Crippen molar-refractivity contribution >= 4 is 22.9 Å². The topological polar surface area (TPSA) is 16.1 Å². The summed E-state index contributed by atoms with van der Waals surface area (Å²) in [5.74, 6) is 0. The van der Waals surface area contributed by atoms with Crippen molar-refractivity contribution in [2.24, 2.45) is 0 Å². The van der Waals surface area contributed by atoms with Gasteiger partial charge in [-0.1, -0.05) is 24.4 Å². The highest BCUT2D eigenvalue weighted by Gasteiger charge is 2.30. The molecule has 0 fully saturated rings. The molecule has 0 unspecified atom stereocenters. The van der Waals surface area contributed by atoms with Gasteiger partial charge in [-0.2, -0.15) is 13.2 Å². The Morgan fingerprint density at radius 2 is 1.45 bits per heavy atom. The number of aryl methyl sites for hydroxylation is 1. The molecule has 0 aliphatic carbocycles. The zero-order chi connectivity index (χ0) is 20.2. The Balaban J connectivity index is 1.52. The van der Waals surface area contributed by atoms with E-state index in [0.717, 1.165) is 59.6 Å². The second kappa shape index (κ2) is 6.66. The van der Waals surface area contributed by atoms with Gasteiger partial charge in [0.05, 0.1) is 10.6 Å². The summed E-state index contributed by atoms with van der Waals surface area (Å²) in [6, 6.07) is 11.6. The van der Waals surface area contributed by atoms with Crippen LogP contribution in [-0.4, -0.2) is 16.5 Å². The minimum atomic E-state index is -4.33. The third-order valence-corrected chi connectivity index (χ3v) is 6.09. The minimum absolute atomic E-state index is 0.648. The van der Waals surface area contributed by atoms with E-state index >= 15 is 0 Å². The second-order valence-corrected chi connectivity index (χ2v) is 7.95. The predicted molar refractivity (Wildman–Crippen MR) is 112 cm³/mol. The maximum atomic E-state index is 12.8. The fraction of sp³-hybridized carbons (Fsp3) is 0.217. The molecule has 0 bridgehead atoms. The van der Waals surface area contributed by atoms with E-state index in [0.29, 0.717) is 5.56 Å². The van der Waals surface area contributed by atoms with Crippen molar-refractivity contribution < 1.29 is 13.2 Å². The average molecular weight is 410 g/mol. The second-order valence-electron chi connectivity index (χ2n) is 7.48. The lowest BCUT2D eigenvalue weighted by atomic mass is 9.93. The van der Waals surface area contributed by atoms with E-state index < -0.39 is 11.7 Å². The largest absolute Gasteiger partial charge is 0.416 e. The van der Waals surface area contributed by atoms with Gasteiger partial charge in [0.1, 0.15) is 0 Å². The van der Waals surface area contributed by atoms with Crippen molar-refractivity contribution in [3.05, 3.63) is 71.5 Å². The van der Waals surface area contributed by atoms with E-state index in [1.54, 1.807) is 6.20 Å². The van der Waals surface area contributed by atoms with E-state index in [4.69, 9.17) is 12.2 Å². The van der Waals surface area contributed by atoms with E-state index in [1.165, 1.54) is 28.9 Å². The van der Waals surface area contributed by atoms with E-state index in [2.05, 4.69) is 22.0 Å². The number of nitrogens with zero attached hydrogens (tertiary/aromatic N) is 2. The van der Waals surface area contributed by atoms with Crippen molar-refractivity contribution in [1.82, 2.24) is 4.98 Å². The molecule has 0 amide bonds. The van der Waals surface area contributed by atoms with Gasteiger partial charge in [-0.15, -0.1) is 0 Å². The van der Waals surface area contributed by atoms with Crippen LogP contribution < -0.4 is 4.90 Å². The van der Waals surface area contributed by atoms with Crippen molar-refractivity contribution in [3.63, 3.8) is 0 Å². The van der Waals surface area contributed by atoms with Gasteiger partial charge in [-0.05, 0) is 65.4 Å². The van der Waals surface area contributed by atoms with E-state index in [1.807, 2.05) is 12.3 Å². The van der Waals surface area contributed by atoms with Crippen LogP contribution in [0.15, 0.2) is 54.9 Å². The van der Waals surface area contributed by atoms with Crippen LogP contribution in [0.2, 0.25) is 0 Å². The normalized spacial score (nSPS) is 15.6. The number of hydrogen-bond acceptors (Lipinski definition) is 2. The molecule has 6 heteroatoms. The summed E-state index contributed by atoms with van der Waals surface area (Å²) in [6.07, 6.45) is 1.97. The Morgan fingerprint density at radius 3 is 2.14 bits per heavy atom. The first kappa shape index (κ1) is 18.3. The number of halogens is 3. The monoisotopic (exact) mass is 410 g/mol. The van der Waals surface area contributed by atoms with Crippen molar-refractivity contribution in [2.45, 2.75) is 25.4 Å². The zero-order valence-electron chi connectivity index (χ0n) is 15.5. The molecular formula is C23H17F3N2S. The number of alkyl halides is 3. The lowest BCUT2D eigenvalue weighted by Crippen LogP contribution is -2.31. The van der Waals surface area contributed by atoms with E-state index in [-0.39, 0.29) is 0 Å². The molecule has 0 atom stereocenters. The predicted octanol–water partition coefficient (Wildman–Crippen LogP) is 6.07. The van der Waals surface area contributed by atoms with Crippen LogP contribution in [0, 0.1) is 0 Å².